The fourth-order valence-electron chi connectivity index (χ4n) is 3.23. The first-order valence-corrected chi connectivity index (χ1v) is 10.0. The fraction of sp³-hybridized carbons (Fsp3) is 0.0385. The number of carbonyl (C=O) groups excluding carboxylic acids is 3. The fourth-order valence-corrected chi connectivity index (χ4v) is 3.23. The molecule has 158 valence electrons. The topological polar surface area (TPSA) is 84.5 Å². The van der Waals surface area contributed by atoms with Crippen molar-refractivity contribution < 1.29 is 19.1 Å². The molecule has 0 saturated carbocycles. The Bertz CT molecular complexity index is 1290. The van der Waals surface area contributed by atoms with Crippen LogP contribution in [0.1, 0.15) is 20.7 Å². The summed E-state index contributed by atoms with van der Waals surface area (Å²) in [5.74, 6) is -1.51. The van der Waals surface area contributed by atoms with Crippen LogP contribution in [-0.4, -0.2) is 24.4 Å². The van der Waals surface area contributed by atoms with Gasteiger partial charge in [0.1, 0.15) is 0 Å². The molecule has 4 rings (SSSR count). The summed E-state index contributed by atoms with van der Waals surface area (Å²) < 4.78 is 5.18. The molecule has 0 fully saturated rings. The lowest BCUT2D eigenvalue weighted by Crippen LogP contribution is -2.22. The number of para-hydroxylation sites is 1. The average molecular weight is 424 g/mol. The molecular weight excluding hydrogens is 404 g/mol. The van der Waals surface area contributed by atoms with Gasteiger partial charge >= 0.3 is 5.97 Å². The second-order valence-corrected chi connectivity index (χ2v) is 7.05. The monoisotopic (exact) mass is 424 g/mol. The zero-order valence-corrected chi connectivity index (χ0v) is 17.1. The summed E-state index contributed by atoms with van der Waals surface area (Å²) in [7, 11) is 0. The van der Waals surface area contributed by atoms with Gasteiger partial charge in [0.2, 0.25) is 0 Å². The molecule has 0 unspecified atom stereocenters. The van der Waals surface area contributed by atoms with Crippen LogP contribution in [0.4, 0.5) is 11.4 Å². The largest absolute Gasteiger partial charge is 0.452 e. The summed E-state index contributed by atoms with van der Waals surface area (Å²) in [6.45, 7) is -0.452. The normalized spacial score (nSPS) is 10.4. The first kappa shape index (κ1) is 20.8. The van der Waals surface area contributed by atoms with E-state index >= 15 is 0 Å². The number of rotatable bonds is 6. The third-order valence-electron chi connectivity index (χ3n) is 4.80. The van der Waals surface area contributed by atoms with Crippen LogP contribution in [0.2, 0.25) is 0 Å². The molecule has 6 nitrogen and oxygen atoms in total. The molecule has 0 atom stereocenters. The van der Waals surface area contributed by atoms with Crippen LogP contribution in [0, 0.1) is 0 Å². The lowest BCUT2D eigenvalue weighted by Gasteiger charge is -2.11. The zero-order chi connectivity index (χ0) is 22.3. The van der Waals surface area contributed by atoms with Crippen molar-refractivity contribution in [1.29, 1.82) is 0 Å². The van der Waals surface area contributed by atoms with Gasteiger partial charge in [0.15, 0.2) is 6.61 Å². The lowest BCUT2D eigenvalue weighted by atomic mass is 10.1. The van der Waals surface area contributed by atoms with Crippen LogP contribution in [0.25, 0.3) is 10.8 Å². The standard InChI is InChI=1S/C26H20N2O4/c29-24(27-21-15-14-18-8-4-5-11-20(18)16-21)17-32-26(31)22-12-6-7-13-23(22)28-25(30)19-9-2-1-3-10-19/h1-16H,17H2,(H,27,29)(H,28,30). The second kappa shape index (κ2) is 9.57. The maximum atomic E-state index is 12.6. The predicted octanol–water partition coefficient (Wildman–Crippen LogP) is 4.89. The molecule has 2 N–H and O–H groups in total. The maximum absolute atomic E-state index is 12.6. The van der Waals surface area contributed by atoms with Crippen LogP contribution in [0.15, 0.2) is 97.1 Å². The minimum absolute atomic E-state index is 0.162. The second-order valence-electron chi connectivity index (χ2n) is 7.05. The zero-order valence-electron chi connectivity index (χ0n) is 17.1. The van der Waals surface area contributed by atoms with E-state index in [9.17, 15) is 14.4 Å². The first-order valence-electron chi connectivity index (χ1n) is 10.0. The highest BCUT2D eigenvalue weighted by atomic mass is 16.5. The highest BCUT2D eigenvalue weighted by Gasteiger charge is 2.16. The SMILES string of the molecule is O=C(COC(=O)c1ccccc1NC(=O)c1ccccc1)Nc1ccc2ccccc2c1. The van der Waals surface area contributed by atoms with E-state index in [1.807, 2.05) is 42.5 Å². The third kappa shape index (κ3) is 4.99. The summed E-state index contributed by atoms with van der Waals surface area (Å²) in [6.07, 6.45) is 0. The molecule has 0 aromatic heterocycles. The van der Waals surface area contributed by atoms with Gasteiger partial charge in [-0.1, -0.05) is 60.7 Å². The number of hydrogen-bond donors (Lipinski definition) is 2. The molecular formula is C26H20N2O4. The van der Waals surface area contributed by atoms with Crippen molar-refractivity contribution in [2.24, 2.45) is 0 Å². The van der Waals surface area contributed by atoms with Gasteiger partial charge in [-0.15, -0.1) is 0 Å². The van der Waals surface area contributed by atoms with E-state index in [0.717, 1.165) is 10.8 Å². The van der Waals surface area contributed by atoms with E-state index in [2.05, 4.69) is 10.6 Å². The molecule has 0 spiro atoms. The van der Waals surface area contributed by atoms with E-state index in [4.69, 9.17) is 4.74 Å². The van der Waals surface area contributed by atoms with Crippen LogP contribution in [0.5, 0.6) is 0 Å². The van der Waals surface area contributed by atoms with Crippen molar-refractivity contribution in [2.75, 3.05) is 17.2 Å². The summed E-state index contributed by atoms with van der Waals surface area (Å²) in [6, 6.07) is 28.5. The Kier molecular flexibility index (Phi) is 6.22. The van der Waals surface area contributed by atoms with Gasteiger partial charge < -0.3 is 15.4 Å². The number of carbonyl (C=O) groups is 3. The predicted molar refractivity (Wildman–Crippen MR) is 124 cm³/mol. The Balaban J connectivity index is 1.38. The lowest BCUT2D eigenvalue weighted by molar-refractivity contribution is -0.119. The molecule has 0 saturated heterocycles. The van der Waals surface area contributed by atoms with Crippen molar-refractivity contribution in [3.63, 3.8) is 0 Å². The number of anilines is 2. The third-order valence-corrected chi connectivity index (χ3v) is 4.80. The Hall–Kier alpha value is -4.45. The Morgan fingerprint density at radius 2 is 1.38 bits per heavy atom. The summed E-state index contributed by atoms with van der Waals surface area (Å²) in [4.78, 5) is 37.3. The van der Waals surface area contributed by atoms with Crippen molar-refractivity contribution in [1.82, 2.24) is 0 Å². The Morgan fingerprint density at radius 1 is 0.688 bits per heavy atom. The summed E-state index contributed by atoms with van der Waals surface area (Å²) >= 11 is 0. The van der Waals surface area contributed by atoms with Crippen LogP contribution < -0.4 is 10.6 Å². The minimum Gasteiger partial charge on any atom is -0.452 e. The van der Waals surface area contributed by atoms with E-state index in [0.29, 0.717) is 16.9 Å². The van der Waals surface area contributed by atoms with Gasteiger partial charge in [-0.25, -0.2) is 4.79 Å². The molecule has 32 heavy (non-hydrogen) atoms. The van der Waals surface area contributed by atoms with E-state index in [1.54, 1.807) is 48.5 Å². The molecule has 4 aromatic rings. The van der Waals surface area contributed by atoms with E-state index < -0.39 is 18.5 Å². The van der Waals surface area contributed by atoms with Gasteiger partial charge in [0.05, 0.1) is 11.3 Å². The summed E-state index contributed by atoms with van der Waals surface area (Å²) in [5.41, 5.74) is 1.54. The molecule has 0 heterocycles. The smallest absolute Gasteiger partial charge is 0.340 e. The van der Waals surface area contributed by atoms with Gasteiger partial charge in [-0.2, -0.15) is 0 Å². The number of nitrogens with one attached hydrogen (secondary N) is 2. The maximum Gasteiger partial charge on any atom is 0.340 e. The quantitative estimate of drug-likeness (QED) is 0.432. The number of ether oxygens (including phenoxy) is 1. The summed E-state index contributed by atoms with van der Waals surface area (Å²) in [5, 5.41) is 7.49. The van der Waals surface area contributed by atoms with Crippen LogP contribution in [0.3, 0.4) is 0 Å². The highest BCUT2D eigenvalue weighted by molar-refractivity contribution is 6.08. The molecule has 0 aliphatic rings. The highest BCUT2D eigenvalue weighted by Crippen LogP contribution is 2.20. The molecule has 0 radical (unpaired) electrons. The van der Waals surface area contributed by atoms with Crippen molar-refractivity contribution >= 4 is 39.9 Å². The van der Waals surface area contributed by atoms with Crippen LogP contribution >= 0.6 is 0 Å². The Labute approximate surface area is 184 Å². The minimum atomic E-state index is -0.706. The number of fused-ring (bicyclic) bond motifs is 1. The van der Waals surface area contributed by atoms with E-state index in [-0.39, 0.29) is 11.5 Å². The molecule has 0 bridgehead atoms. The molecule has 0 aliphatic heterocycles. The molecule has 6 heteroatoms. The molecule has 2 amide bonds. The first-order chi connectivity index (χ1) is 15.6. The van der Waals surface area contributed by atoms with Crippen molar-refractivity contribution in [3.05, 3.63) is 108 Å². The van der Waals surface area contributed by atoms with Crippen molar-refractivity contribution in [3.8, 4) is 0 Å². The molecule has 0 aliphatic carbocycles. The van der Waals surface area contributed by atoms with Gasteiger partial charge in [0.25, 0.3) is 11.8 Å². The molecule has 4 aromatic carbocycles. The number of amides is 2. The van der Waals surface area contributed by atoms with Gasteiger partial charge in [-0.05, 0) is 47.2 Å². The number of hydrogen-bond acceptors (Lipinski definition) is 4. The average Bonchev–Trinajstić information content (AvgIpc) is 2.83. The Morgan fingerprint density at radius 3 is 2.19 bits per heavy atom. The number of esters is 1. The number of benzene rings is 4. The van der Waals surface area contributed by atoms with Gasteiger partial charge in [-0.3, -0.25) is 9.59 Å². The van der Waals surface area contributed by atoms with Crippen molar-refractivity contribution in [2.45, 2.75) is 0 Å². The van der Waals surface area contributed by atoms with Crippen LogP contribution in [-0.2, 0) is 9.53 Å². The van der Waals surface area contributed by atoms with Gasteiger partial charge in [0, 0.05) is 11.3 Å². The van der Waals surface area contributed by atoms with E-state index in [1.165, 1.54) is 6.07 Å².